The van der Waals surface area contributed by atoms with Gasteiger partial charge in [-0.25, -0.2) is 4.98 Å². The highest BCUT2D eigenvalue weighted by atomic mass is 16.1. The predicted octanol–water partition coefficient (Wildman–Crippen LogP) is 3.21. The Kier molecular flexibility index (Phi) is 3.60. The van der Waals surface area contributed by atoms with Crippen LogP contribution in [0.2, 0.25) is 0 Å². The summed E-state index contributed by atoms with van der Waals surface area (Å²) in [5, 5.41) is 0. The molecule has 0 saturated heterocycles. The van der Waals surface area contributed by atoms with Crippen LogP contribution >= 0.6 is 0 Å². The molecule has 0 aliphatic rings. The highest BCUT2D eigenvalue weighted by molar-refractivity contribution is 5.95. The average molecular weight is 281 g/mol. The Hall–Kier alpha value is -2.36. The van der Waals surface area contributed by atoms with Crippen LogP contribution in [-0.2, 0) is 20.0 Å². The fourth-order valence-corrected chi connectivity index (χ4v) is 2.69. The Balaban J connectivity index is 2.01. The van der Waals surface area contributed by atoms with Gasteiger partial charge in [-0.05, 0) is 30.7 Å². The van der Waals surface area contributed by atoms with E-state index in [1.54, 1.807) is 0 Å². The molecule has 4 nitrogen and oxygen atoms in total. The molecule has 0 amide bonds. The number of benzene rings is 1. The van der Waals surface area contributed by atoms with Crippen molar-refractivity contribution in [3.8, 4) is 0 Å². The van der Waals surface area contributed by atoms with Gasteiger partial charge in [-0.2, -0.15) is 0 Å². The van der Waals surface area contributed by atoms with Crippen molar-refractivity contribution in [2.24, 2.45) is 7.05 Å². The first-order valence-electron chi connectivity index (χ1n) is 7.29. The van der Waals surface area contributed by atoms with Crippen LogP contribution in [0.15, 0.2) is 42.6 Å². The Morgan fingerprint density at radius 1 is 1.19 bits per heavy atom. The molecule has 3 aromatic rings. The summed E-state index contributed by atoms with van der Waals surface area (Å²) >= 11 is 0. The molecule has 0 fully saturated rings. The molecule has 0 unspecified atom stereocenters. The number of aryl methyl sites for hydroxylation is 2. The highest BCUT2D eigenvalue weighted by Gasteiger charge is 2.15. The molecule has 0 saturated carbocycles. The molecule has 0 aliphatic heterocycles. The molecular weight excluding hydrogens is 262 g/mol. The Labute approximate surface area is 124 Å². The third-order valence-electron chi connectivity index (χ3n) is 3.74. The van der Waals surface area contributed by atoms with Crippen LogP contribution in [0.25, 0.3) is 11.0 Å². The molecule has 4 heteroatoms. The maximum atomic E-state index is 12.5. The van der Waals surface area contributed by atoms with Crippen LogP contribution in [0.5, 0.6) is 0 Å². The Bertz CT molecular complexity index is 782. The van der Waals surface area contributed by atoms with E-state index in [0.717, 1.165) is 35.4 Å². The van der Waals surface area contributed by atoms with Crippen molar-refractivity contribution < 1.29 is 4.79 Å². The van der Waals surface area contributed by atoms with Crippen molar-refractivity contribution in [3.05, 3.63) is 54.1 Å². The second kappa shape index (κ2) is 5.56. The number of hydrogen-bond acceptors (Lipinski definition) is 2. The second-order valence-corrected chi connectivity index (χ2v) is 5.28. The Morgan fingerprint density at radius 3 is 2.71 bits per heavy atom. The summed E-state index contributed by atoms with van der Waals surface area (Å²) < 4.78 is 3.91. The van der Waals surface area contributed by atoms with Gasteiger partial charge in [-0.1, -0.05) is 19.1 Å². The van der Waals surface area contributed by atoms with E-state index in [9.17, 15) is 4.79 Å². The van der Waals surface area contributed by atoms with E-state index >= 15 is 0 Å². The van der Waals surface area contributed by atoms with Crippen LogP contribution in [0.4, 0.5) is 0 Å². The van der Waals surface area contributed by atoms with Gasteiger partial charge in [0.1, 0.15) is 5.82 Å². The minimum Gasteiger partial charge on any atom is -0.348 e. The topological polar surface area (TPSA) is 39.8 Å². The van der Waals surface area contributed by atoms with E-state index in [1.807, 2.05) is 58.8 Å². The van der Waals surface area contributed by atoms with Crippen molar-refractivity contribution >= 4 is 16.8 Å². The monoisotopic (exact) mass is 281 g/mol. The minimum absolute atomic E-state index is 0.114. The van der Waals surface area contributed by atoms with Crippen molar-refractivity contribution in [2.75, 3.05) is 0 Å². The van der Waals surface area contributed by atoms with Gasteiger partial charge in [0.25, 0.3) is 0 Å². The number of para-hydroxylation sites is 2. The molecule has 0 N–H and O–H groups in total. The van der Waals surface area contributed by atoms with Gasteiger partial charge in [0.15, 0.2) is 5.78 Å². The zero-order valence-electron chi connectivity index (χ0n) is 12.4. The van der Waals surface area contributed by atoms with Gasteiger partial charge in [0, 0.05) is 19.7 Å². The molecule has 0 bridgehead atoms. The zero-order chi connectivity index (χ0) is 14.8. The van der Waals surface area contributed by atoms with Crippen molar-refractivity contribution in [3.63, 3.8) is 0 Å². The van der Waals surface area contributed by atoms with Gasteiger partial charge in [-0.15, -0.1) is 0 Å². The first-order valence-corrected chi connectivity index (χ1v) is 7.29. The molecule has 2 aromatic heterocycles. The lowest BCUT2D eigenvalue weighted by atomic mass is 10.2. The van der Waals surface area contributed by atoms with Crippen molar-refractivity contribution in [1.82, 2.24) is 14.1 Å². The maximum absolute atomic E-state index is 12.5. The summed E-state index contributed by atoms with van der Waals surface area (Å²) in [5.41, 5.74) is 2.72. The van der Waals surface area contributed by atoms with Gasteiger partial charge in [0.05, 0.1) is 23.3 Å². The van der Waals surface area contributed by atoms with E-state index in [-0.39, 0.29) is 5.78 Å². The van der Waals surface area contributed by atoms with E-state index in [1.165, 1.54) is 0 Å². The number of fused-ring (bicyclic) bond motifs is 1. The van der Waals surface area contributed by atoms with Crippen LogP contribution in [-0.4, -0.2) is 19.9 Å². The third kappa shape index (κ3) is 2.49. The number of carbonyl (C=O) groups is 1. The molecule has 21 heavy (non-hydrogen) atoms. The standard InChI is InChI=1S/C17H19N3O/c1-3-7-17-18-13-8-4-5-9-14(13)20(17)12-16(21)15-10-6-11-19(15)2/h4-6,8-11H,3,7,12H2,1-2H3. The van der Waals surface area contributed by atoms with E-state index in [2.05, 4.69) is 11.9 Å². The summed E-state index contributed by atoms with van der Waals surface area (Å²) in [6.07, 6.45) is 3.79. The fraction of sp³-hybridized carbons (Fsp3) is 0.294. The molecule has 0 spiro atoms. The predicted molar refractivity (Wildman–Crippen MR) is 83.5 cm³/mol. The number of aromatic nitrogens is 3. The molecule has 0 aliphatic carbocycles. The average Bonchev–Trinajstić information content (AvgIpc) is 3.04. The van der Waals surface area contributed by atoms with Gasteiger partial charge in [-0.3, -0.25) is 4.79 Å². The first kappa shape index (κ1) is 13.6. The lowest BCUT2D eigenvalue weighted by Gasteiger charge is -2.08. The van der Waals surface area contributed by atoms with Gasteiger partial charge < -0.3 is 9.13 Å². The van der Waals surface area contributed by atoms with Crippen LogP contribution in [0.3, 0.4) is 0 Å². The smallest absolute Gasteiger partial charge is 0.198 e. The van der Waals surface area contributed by atoms with Crippen LogP contribution < -0.4 is 0 Å². The number of rotatable bonds is 5. The molecular formula is C17H19N3O. The highest BCUT2D eigenvalue weighted by Crippen LogP contribution is 2.18. The lowest BCUT2D eigenvalue weighted by molar-refractivity contribution is 0.0964. The second-order valence-electron chi connectivity index (χ2n) is 5.28. The molecule has 3 rings (SSSR count). The first-order chi connectivity index (χ1) is 10.2. The number of ketones is 1. The summed E-state index contributed by atoms with van der Waals surface area (Å²) in [5.74, 6) is 1.10. The van der Waals surface area contributed by atoms with E-state index in [4.69, 9.17) is 0 Å². The summed E-state index contributed by atoms with van der Waals surface area (Å²) in [6, 6.07) is 11.8. The summed E-state index contributed by atoms with van der Waals surface area (Å²) in [6.45, 7) is 2.47. The van der Waals surface area contributed by atoms with E-state index in [0.29, 0.717) is 6.54 Å². The van der Waals surface area contributed by atoms with Crippen LogP contribution in [0, 0.1) is 0 Å². The van der Waals surface area contributed by atoms with Crippen LogP contribution in [0.1, 0.15) is 29.7 Å². The lowest BCUT2D eigenvalue weighted by Crippen LogP contribution is -2.15. The third-order valence-corrected chi connectivity index (χ3v) is 3.74. The SMILES string of the molecule is CCCc1nc2ccccc2n1CC(=O)c1cccn1C. The molecule has 108 valence electrons. The summed E-state index contributed by atoms with van der Waals surface area (Å²) in [7, 11) is 1.90. The molecule has 2 heterocycles. The summed E-state index contributed by atoms with van der Waals surface area (Å²) in [4.78, 5) is 17.2. The zero-order valence-corrected chi connectivity index (χ0v) is 12.4. The quantitative estimate of drug-likeness (QED) is 0.674. The number of hydrogen-bond donors (Lipinski definition) is 0. The maximum Gasteiger partial charge on any atom is 0.198 e. The number of carbonyl (C=O) groups excluding carboxylic acids is 1. The number of Topliss-reactive ketones (excluding diaryl/α,β-unsaturated/α-hetero) is 1. The molecule has 0 atom stereocenters. The van der Waals surface area contributed by atoms with Crippen molar-refractivity contribution in [1.29, 1.82) is 0 Å². The fourth-order valence-electron chi connectivity index (χ4n) is 2.69. The molecule has 0 radical (unpaired) electrons. The minimum atomic E-state index is 0.114. The van der Waals surface area contributed by atoms with Crippen molar-refractivity contribution in [2.45, 2.75) is 26.3 Å². The molecule has 1 aromatic carbocycles. The normalized spacial score (nSPS) is 11.1. The number of imidazole rings is 1. The van der Waals surface area contributed by atoms with E-state index < -0.39 is 0 Å². The number of nitrogens with zero attached hydrogens (tertiary/aromatic N) is 3. The van der Waals surface area contributed by atoms with Gasteiger partial charge in [0.2, 0.25) is 0 Å². The largest absolute Gasteiger partial charge is 0.348 e. The van der Waals surface area contributed by atoms with Gasteiger partial charge >= 0.3 is 0 Å². The Morgan fingerprint density at radius 2 is 2.00 bits per heavy atom.